The maximum Gasteiger partial charge on any atom is 0.307 e. The Bertz CT molecular complexity index is 356. The van der Waals surface area contributed by atoms with E-state index in [9.17, 15) is 4.79 Å². The Morgan fingerprint density at radius 2 is 2.06 bits per heavy atom. The molecule has 0 aliphatic heterocycles. The molecule has 0 saturated carbocycles. The Labute approximate surface area is 96.3 Å². The van der Waals surface area contributed by atoms with Gasteiger partial charge in [-0.2, -0.15) is 5.10 Å². The van der Waals surface area contributed by atoms with Crippen molar-refractivity contribution >= 4 is 5.97 Å². The second-order valence-corrected chi connectivity index (χ2v) is 4.77. The Kier molecular flexibility index (Phi) is 4.10. The molecule has 0 fully saturated rings. The fourth-order valence-corrected chi connectivity index (χ4v) is 1.61. The third-order valence-corrected chi connectivity index (χ3v) is 2.74. The molecule has 0 bridgehead atoms. The van der Waals surface area contributed by atoms with Gasteiger partial charge in [0.05, 0.1) is 11.6 Å². The van der Waals surface area contributed by atoms with Gasteiger partial charge in [-0.1, -0.05) is 13.8 Å². The molecule has 1 atom stereocenters. The molecule has 1 N–H and O–H groups in total. The van der Waals surface area contributed by atoms with Crippen molar-refractivity contribution in [1.29, 1.82) is 0 Å². The Balaban J connectivity index is 2.74. The van der Waals surface area contributed by atoms with Crippen molar-refractivity contribution in [3.63, 3.8) is 0 Å². The van der Waals surface area contributed by atoms with Crippen LogP contribution < -0.4 is 0 Å². The molecule has 0 spiro atoms. The first kappa shape index (κ1) is 12.7. The molecule has 0 aliphatic carbocycles. The van der Waals surface area contributed by atoms with E-state index in [0.717, 1.165) is 5.69 Å². The maximum absolute atomic E-state index is 11.1. The number of carbonyl (C=O) groups is 1. The molecule has 1 heterocycles. The molecule has 1 aromatic heterocycles. The summed E-state index contributed by atoms with van der Waals surface area (Å²) < 4.78 is 1.86. The van der Waals surface area contributed by atoms with Crippen LogP contribution in [0.2, 0.25) is 0 Å². The van der Waals surface area contributed by atoms with Crippen LogP contribution >= 0.6 is 0 Å². The molecule has 90 valence electrons. The molecule has 16 heavy (non-hydrogen) atoms. The predicted octanol–water partition coefficient (Wildman–Crippen LogP) is 2.36. The average molecular weight is 224 g/mol. The van der Waals surface area contributed by atoms with Crippen molar-refractivity contribution in [1.82, 2.24) is 9.78 Å². The van der Waals surface area contributed by atoms with Crippen LogP contribution in [0.4, 0.5) is 0 Å². The van der Waals surface area contributed by atoms with Crippen LogP contribution in [0.5, 0.6) is 0 Å². The Morgan fingerprint density at radius 3 is 2.44 bits per heavy atom. The van der Waals surface area contributed by atoms with E-state index in [1.165, 1.54) is 0 Å². The van der Waals surface area contributed by atoms with E-state index in [1.54, 1.807) is 0 Å². The second-order valence-electron chi connectivity index (χ2n) is 4.77. The van der Waals surface area contributed by atoms with Gasteiger partial charge in [0.2, 0.25) is 0 Å². The Hall–Kier alpha value is -1.32. The highest BCUT2D eigenvalue weighted by Gasteiger charge is 2.22. The van der Waals surface area contributed by atoms with Crippen LogP contribution in [0, 0.1) is 11.8 Å². The van der Waals surface area contributed by atoms with Crippen LogP contribution in [-0.4, -0.2) is 20.9 Å². The van der Waals surface area contributed by atoms with Gasteiger partial charge < -0.3 is 5.11 Å². The van der Waals surface area contributed by atoms with E-state index in [0.29, 0.717) is 12.5 Å². The van der Waals surface area contributed by atoms with Gasteiger partial charge in [-0.25, -0.2) is 0 Å². The number of nitrogens with zero attached hydrogens (tertiary/aromatic N) is 2. The normalized spacial score (nSPS) is 13.4. The fraction of sp³-hybridized carbons (Fsp3) is 0.667. The number of carboxylic acids is 1. The lowest BCUT2D eigenvalue weighted by Gasteiger charge is -2.14. The number of aromatic nitrogens is 2. The van der Waals surface area contributed by atoms with Crippen molar-refractivity contribution in [2.24, 2.45) is 11.8 Å². The molecule has 0 radical (unpaired) electrons. The SMILES string of the molecule is CC(C)C(Cc1ccn(C(C)C)n1)C(=O)O. The largest absolute Gasteiger partial charge is 0.481 e. The molecule has 1 rings (SSSR count). The van der Waals surface area contributed by atoms with Gasteiger partial charge >= 0.3 is 5.97 Å². The summed E-state index contributed by atoms with van der Waals surface area (Å²) in [5.74, 6) is -0.966. The van der Waals surface area contributed by atoms with Crippen molar-refractivity contribution < 1.29 is 9.90 Å². The lowest BCUT2D eigenvalue weighted by Crippen LogP contribution is -2.22. The van der Waals surface area contributed by atoms with Crippen molar-refractivity contribution in [2.75, 3.05) is 0 Å². The second kappa shape index (κ2) is 5.14. The van der Waals surface area contributed by atoms with E-state index < -0.39 is 5.97 Å². The molecule has 4 heteroatoms. The van der Waals surface area contributed by atoms with Gasteiger partial charge in [0.15, 0.2) is 0 Å². The summed E-state index contributed by atoms with van der Waals surface area (Å²) in [7, 11) is 0. The van der Waals surface area contributed by atoms with Gasteiger partial charge in [0.1, 0.15) is 0 Å². The lowest BCUT2D eigenvalue weighted by molar-refractivity contribution is -0.143. The van der Waals surface area contributed by atoms with E-state index in [4.69, 9.17) is 5.11 Å². The highest BCUT2D eigenvalue weighted by molar-refractivity contribution is 5.70. The minimum Gasteiger partial charge on any atom is -0.481 e. The zero-order valence-corrected chi connectivity index (χ0v) is 10.3. The van der Waals surface area contributed by atoms with Crippen molar-refractivity contribution in [2.45, 2.75) is 40.2 Å². The zero-order valence-electron chi connectivity index (χ0n) is 10.3. The standard InChI is InChI=1S/C12H20N2O2/c1-8(2)11(12(15)16)7-10-5-6-14(13-10)9(3)4/h5-6,8-9,11H,7H2,1-4H3,(H,15,16). The average Bonchev–Trinajstić information content (AvgIpc) is 2.61. The van der Waals surface area contributed by atoms with Crippen LogP contribution in [0.25, 0.3) is 0 Å². The molecule has 1 unspecified atom stereocenters. The first-order valence-electron chi connectivity index (χ1n) is 5.68. The summed E-state index contributed by atoms with van der Waals surface area (Å²) in [4.78, 5) is 11.1. The Morgan fingerprint density at radius 1 is 1.44 bits per heavy atom. The third kappa shape index (κ3) is 3.08. The number of aliphatic carboxylic acids is 1. The number of hydrogen-bond acceptors (Lipinski definition) is 2. The number of rotatable bonds is 5. The quantitative estimate of drug-likeness (QED) is 0.835. The van der Waals surface area contributed by atoms with Gasteiger partial charge in [0.25, 0.3) is 0 Å². The minimum atomic E-state index is -0.742. The van der Waals surface area contributed by atoms with E-state index in [2.05, 4.69) is 5.10 Å². The number of carboxylic acid groups (broad SMARTS) is 1. The molecule has 1 aromatic rings. The number of hydrogen-bond donors (Lipinski definition) is 1. The van der Waals surface area contributed by atoms with Gasteiger partial charge in [-0.05, 0) is 25.8 Å². The van der Waals surface area contributed by atoms with Crippen molar-refractivity contribution in [3.8, 4) is 0 Å². The first-order valence-corrected chi connectivity index (χ1v) is 5.68. The summed E-state index contributed by atoms with van der Waals surface area (Å²) in [6, 6.07) is 2.22. The lowest BCUT2D eigenvalue weighted by atomic mass is 9.91. The van der Waals surface area contributed by atoms with Crippen molar-refractivity contribution in [3.05, 3.63) is 18.0 Å². The predicted molar refractivity (Wildman–Crippen MR) is 62.3 cm³/mol. The van der Waals surface area contributed by atoms with E-state index in [1.807, 2.05) is 44.6 Å². The monoisotopic (exact) mass is 224 g/mol. The van der Waals surface area contributed by atoms with E-state index >= 15 is 0 Å². The summed E-state index contributed by atoms with van der Waals surface area (Å²) in [5.41, 5.74) is 0.856. The summed E-state index contributed by atoms with van der Waals surface area (Å²) in [6.45, 7) is 7.96. The summed E-state index contributed by atoms with van der Waals surface area (Å²) in [5, 5.41) is 13.5. The molecule has 0 amide bonds. The van der Waals surface area contributed by atoms with Crippen LogP contribution in [0.15, 0.2) is 12.3 Å². The molecule has 4 nitrogen and oxygen atoms in total. The van der Waals surface area contributed by atoms with Crippen LogP contribution in [0.3, 0.4) is 0 Å². The maximum atomic E-state index is 11.1. The van der Waals surface area contributed by atoms with Crippen LogP contribution in [0.1, 0.15) is 39.4 Å². The zero-order chi connectivity index (χ0) is 12.3. The fourth-order valence-electron chi connectivity index (χ4n) is 1.61. The molecule has 0 aromatic carbocycles. The smallest absolute Gasteiger partial charge is 0.307 e. The highest BCUT2D eigenvalue weighted by Crippen LogP contribution is 2.17. The summed E-state index contributed by atoms with van der Waals surface area (Å²) >= 11 is 0. The third-order valence-electron chi connectivity index (χ3n) is 2.74. The van der Waals surface area contributed by atoms with Gasteiger partial charge in [-0.15, -0.1) is 0 Å². The minimum absolute atomic E-state index is 0.127. The summed E-state index contributed by atoms with van der Waals surface area (Å²) in [6.07, 6.45) is 2.41. The van der Waals surface area contributed by atoms with Crippen LogP contribution in [-0.2, 0) is 11.2 Å². The first-order chi connectivity index (χ1) is 7.41. The van der Waals surface area contributed by atoms with Gasteiger partial charge in [-0.3, -0.25) is 9.48 Å². The molecule has 0 aliphatic rings. The topological polar surface area (TPSA) is 55.1 Å². The highest BCUT2D eigenvalue weighted by atomic mass is 16.4. The van der Waals surface area contributed by atoms with Gasteiger partial charge in [0, 0.05) is 18.7 Å². The van der Waals surface area contributed by atoms with E-state index in [-0.39, 0.29) is 11.8 Å². The molecular weight excluding hydrogens is 204 g/mol. The molecular formula is C12H20N2O2. The molecule has 0 saturated heterocycles.